The molecule has 4 aromatic rings. The molecule has 5 heterocycles. The van der Waals surface area contributed by atoms with Crippen LogP contribution in [0, 0.1) is 13.8 Å². The standard InChI is InChI=1S/C22H27N7OS2/c1-13-14(2)31-20-17(13)18(23)24-19(25-20)15(3)32-22-27-26-21(28-9-5-4-6-10-28)29(22)12-16-8-7-11-30-16/h7-8,11,15H,4-6,9-10,12H2,1-3H3,(H2,23,24,25). The second kappa shape index (κ2) is 8.74. The first kappa shape index (κ1) is 21.3. The number of rotatable bonds is 6. The van der Waals surface area contributed by atoms with Crippen molar-refractivity contribution < 1.29 is 4.42 Å². The summed E-state index contributed by atoms with van der Waals surface area (Å²) >= 11 is 3.27. The third kappa shape index (κ3) is 3.97. The minimum atomic E-state index is -0.0295. The van der Waals surface area contributed by atoms with Gasteiger partial charge in [0.2, 0.25) is 5.95 Å². The molecule has 2 N–H and O–H groups in total. The monoisotopic (exact) mass is 469 g/mol. The minimum Gasteiger partial charge on any atom is -0.467 e. The lowest BCUT2D eigenvalue weighted by atomic mass is 10.1. The molecule has 0 aromatic carbocycles. The Kier molecular flexibility index (Phi) is 5.81. The van der Waals surface area contributed by atoms with E-state index >= 15 is 0 Å². The van der Waals surface area contributed by atoms with Crippen LogP contribution in [0.3, 0.4) is 0 Å². The second-order valence-corrected chi connectivity index (χ2v) is 10.7. The number of aryl methyl sites for hydroxylation is 2. The van der Waals surface area contributed by atoms with Crippen molar-refractivity contribution in [2.24, 2.45) is 0 Å². The molecule has 1 aliphatic rings. The molecule has 0 saturated carbocycles. The van der Waals surface area contributed by atoms with E-state index in [9.17, 15) is 0 Å². The van der Waals surface area contributed by atoms with Gasteiger partial charge in [0.25, 0.3) is 0 Å². The predicted octanol–water partition coefficient (Wildman–Crippen LogP) is 4.97. The predicted molar refractivity (Wildman–Crippen MR) is 129 cm³/mol. The van der Waals surface area contributed by atoms with Gasteiger partial charge in [-0.15, -0.1) is 21.5 Å². The zero-order valence-electron chi connectivity index (χ0n) is 18.5. The summed E-state index contributed by atoms with van der Waals surface area (Å²) in [5.41, 5.74) is 7.48. The Labute approximate surface area is 195 Å². The molecule has 0 aliphatic carbocycles. The van der Waals surface area contributed by atoms with E-state index in [-0.39, 0.29) is 5.25 Å². The van der Waals surface area contributed by atoms with Crippen LogP contribution in [0.15, 0.2) is 28.0 Å². The summed E-state index contributed by atoms with van der Waals surface area (Å²) in [5, 5.41) is 10.9. The Hall–Kier alpha value is -2.59. The van der Waals surface area contributed by atoms with Crippen molar-refractivity contribution in [3.63, 3.8) is 0 Å². The van der Waals surface area contributed by atoms with E-state index in [2.05, 4.69) is 45.4 Å². The summed E-state index contributed by atoms with van der Waals surface area (Å²) in [6.45, 7) is 8.86. The van der Waals surface area contributed by atoms with Gasteiger partial charge < -0.3 is 15.1 Å². The molecule has 8 nitrogen and oxygen atoms in total. The van der Waals surface area contributed by atoms with E-state index in [1.54, 1.807) is 29.4 Å². The number of nitrogens with zero attached hydrogens (tertiary/aromatic N) is 6. The summed E-state index contributed by atoms with van der Waals surface area (Å²) in [6.07, 6.45) is 5.33. The molecule has 0 radical (unpaired) electrons. The Morgan fingerprint density at radius 3 is 2.75 bits per heavy atom. The van der Waals surface area contributed by atoms with Crippen LogP contribution in [0.4, 0.5) is 11.8 Å². The number of nitrogens with two attached hydrogens (primary N) is 1. The van der Waals surface area contributed by atoms with Gasteiger partial charge in [0.15, 0.2) is 5.16 Å². The van der Waals surface area contributed by atoms with Crippen LogP contribution in [0.2, 0.25) is 0 Å². The molecule has 32 heavy (non-hydrogen) atoms. The largest absolute Gasteiger partial charge is 0.467 e. The van der Waals surface area contributed by atoms with Gasteiger partial charge in [0, 0.05) is 18.0 Å². The Bertz CT molecular complexity index is 1230. The number of fused-ring (bicyclic) bond motifs is 1. The number of aromatic nitrogens is 5. The van der Waals surface area contributed by atoms with Crippen LogP contribution in [0.5, 0.6) is 0 Å². The van der Waals surface area contributed by atoms with Crippen molar-refractivity contribution in [2.45, 2.75) is 57.0 Å². The molecule has 1 unspecified atom stereocenters. The highest BCUT2D eigenvalue weighted by atomic mass is 32.2. The van der Waals surface area contributed by atoms with Crippen molar-refractivity contribution >= 4 is 45.1 Å². The molecule has 1 saturated heterocycles. The Morgan fingerprint density at radius 2 is 2.00 bits per heavy atom. The molecule has 10 heteroatoms. The fourth-order valence-electron chi connectivity index (χ4n) is 4.08. The summed E-state index contributed by atoms with van der Waals surface area (Å²) in [7, 11) is 0. The average molecular weight is 470 g/mol. The van der Waals surface area contributed by atoms with Gasteiger partial charge in [-0.3, -0.25) is 4.57 Å². The molecule has 4 aromatic heterocycles. The van der Waals surface area contributed by atoms with E-state index in [0.29, 0.717) is 18.2 Å². The molecule has 0 amide bonds. The van der Waals surface area contributed by atoms with E-state index < -0.39 is 0 Å². The van der Waals surface area contributed by atoms with Gasteiger partial charge in [0.05, 0.1) is 23.4 Å². The Balaban J connectivity index is 1.46. The van der Waals surface area contributed by atoms with Crippen LogP contribution in [-0.4, -0.2) is 37.8 Å². The zero-order valence-corrected chi connectivity index (χ0v) is 20.2. The lowest BCUT2D eigenvalue weighted by molar-refractivity contribution is 0.479. The van der Waals surface area contributed by atoms with Gasteiger partial charge in [-0.05, 0) is 57.7 Å². The van der Waals surface area contributed by atoms with Crippen LogP contribution in [0.25, 0.3) is 10.2 Å². The van der Waals surface area contributed by atoms with Crippen molar-refractivity contribution in [1.29, 1.82) is 0 Å². The first-order valence-electron chi connectivity index (χ1n) is 10.9. The highest BCUT2D eigenvalue weighted by molar-refractivity contribution is 7.99. The number of anilines is 2. The average Bonchev–Trinajstić information content (AvgIpc) is 3.50. The third-order valence-corrected chi connectivity index (χ3v) is 8.13. The zero-order chi connectivity index (χ0) is 22.2. The number of furan rings is 1. The number of thioether (sulfide) groups is 1. The third-order valence-electron chi connectivity index (χ3n) is 5.95. The van der Waals surface area contributed by atoms with E-state index in [1.165, 1.54) is 29.7 Å². The molecule has 0 bridgehead atoms. The molecule has 1 fully saturated rings. The molecule has 1 aliphatic heterocycles. The molecular weight excluding hydrogens is 442 g/mol. The van der Waals surface area contributed by atoms with Gasteiger partial charge in [-0.2, -0.15) is 0 Å². The molecule has 0 spiro atoms. The summed E-state index contributed by atoms with van der Waals surface area (Å²) < 4.78 is 7.77. The smallest absolute Gasteiger partial charge is 0.228 e. The Morgan fingerprint density at radius 1 is 1.19 bits per heavy atom. The van der Waals surface area contributed by atoms with Gasteiger partial charge >= 0.3 is 0 Å². The molecule has 1 atom stereocenters. The molecule has 5 rings (SSSR count). The van der Waals surface area contributed by atoms with Crippen molar-refractivity contribution in [3.05, 3.63) is 40.4 Å². The maximum atomic E-state index is 6.32. The molecule has 168 valence electrons. The maximum absolute atomic E-state index is 6.32. The quantitative estimate of drug-likeness (QED) is 0.395. The van der Waals surface area contributed by atoms with Crippen LogP contribution >= 0.6 is 23.1 Å². The van der Waals surface area contributed by atoms with Crippen molar-refractivity contribution in [3.8, 4) is 0 Å². The van der Waals surface area contributed by atoms with Crippen LogP contribution in [-0.2, 0) is 6.54 Å². The SMILES string of the molecule is Cc1sc2nc(C(C)Sc3nnc(N4CCCCC4)n3Cc3ccco3)nc(N)c2c1C. The number of piperidine rings is 1. The first-order chi connectivity index (χ1) is 15.5. The summed E-state index contributed by atoms with van der Waals surface area (Å²) in [5.74, 6) is 3.04. The highest BCUT2D eigenvalue weighted by Gasteiger charge is 2.24. The lowest BCUT2D eigenvalue weighted by Gasteiger charge is -2.27. The van der Waals surface area contributed by atoms with E-state index in [4.69, 9.17) is 15.1 Å². The molecular formula is C22H27N7OS2. The van der Waals surface area contributed by atoms with Gasteiger partial charge in [-0.25, -0.2) is 9.97 Å². The fraction of sp³-hybridized carbons (Fsp3) is 0.455. The topological polar surface area (TPSA) is 98.9 Å². The number of hydrogen-bond donors (Lipinski definition) is 1. The second-order valence-electron chi connectivity index (χ2n) is 8.19. The summed E-state index contributed by atoms with van der Waals surface area (Å²) in [6, 6.07) is 3.89. The normalized spacial score (nSPS) is 15.5. The number of hydrogen-bond acceptors (Lipinski definition) is 9. The van der Waals surface area contributed by atoms with Crippen LogP contribution < -0.4 is 10.6 Å². The highest BCUT2D eigenvalue weighted by Crippen LogP contribution is 2.38. The van der Waals surface area contributed by atoms with E-state index in [0.717, 1.165) is 40.2 Å². The fourth-order valence-corrected chi connectivity index (χ4v) is 6.02. The lowest BCUT2D eigenvalue weighted by Crippen LogP contribution is -2.32. The number of nitrogen functional groups attached to an aromatic ring is 1. The maximum Gasteiger partial charge on any atom is 0.228 e. The minimum absolute atomic E-state index is 0.0295. The van der Waals surface area contributed by atoms with Crippen molar-refractivity contribution in [2.75, 3.05) is 23.7 Å². The number of thiophene rings is 1. The summed E-state index contributed by atoms with van der Waals surface area (Å²) in [4.78, 5) is 14.0. The van der Waals surface area contributed by atoms with E-state index in [1.807, 2.05) is 12.1 Å². The van der Waals surface area contributed by atoms with Crippen molar-refractivity contribution in [1.82, 2.24) is 24.7 Å². The van der Waals surface area contributed by atoms with Crippen LogP contribution in [0.1, 0.15) is 53.5 Å². The first-order valence-corrected chi connectivity index (χ1v) is 12.6. The van der Waals surface area contributed by atoms with Gasteiger partial charge in [-0.1, -0.05) is 11.8 Å². The van der Waals surface area contributed by atoms with Gasteiger partial charge in [0.1, 0.15) is 22.2 Å².